The predicted octanol–water partition coefficient (Wildman–Crippen LogP) is 0.572. The summed E-state index contributed by atoms with van der Waals surface area (Å²) in [7, 11) is -3.27. The maximum Gasteiger partial charge on any atom is 0.214 e. The molecule has 0 bridgehead atoms. The van der Waals surface area contributed by atoms with E-state index in [-0.39, 0.29) is 18.4 Å². The van der Waals surface area contributed by atoms with Gasteiger partial charge in [-0.3, -0.25) is 0 Å². The van der Waals surface area contributed by atoms with Gasteiger partial charge in [0, 0.05) is 11.3 Å². The Hall–Kier alpha value is 0.220. The lowest BCUT2D eigenvalue weighted by Crippen LogP contribution is -2.40. The van der Waals surface area contributed by atoms with Gasteiger partial charge < -0.3 is 5.11 Å². The second-order valence-corrected chi connectivity index (χ2v) is 6.89. The average molecular weight is 253 g/mol. The van der Waals surface area contributed by atoms with Crippen LogP contribution in [-0.2, 0) is 10.0 Å². The van der Waals surface area contributed by atoms with Gasteiger partial charge in [-0.2, -0.15) is 11.8 Å². The first-order valence-electron chi connectivity index (χ1n) is 5.21. The summed E-state index contributed by atoms with van der Waals surface area (Å²) in [5.74, 6) is -0.187. The summed E-state index contributed by atoms with van der Waals surface area (Å²) in [5, 5.41) is 9.18. The van der Waals surface area contributed by atoms with Crippen LogP contribution in [0.4, 0.5) is 0 Å². The number of aliphatic hydroxyl groups is 1. The van der Waals surface area contributed by atoms with Crippen LogP contribution in [0.3, 0.4) is 0 Å². The largest absolute Gasteiger partial charge is 0.395 e. The molecule has 2 atom stereocenters. The van der Waals surface area contributed by atoms with E-state index < -0.39 is 10.0 Å². The summed E-state index contributed by atoms with van der Waals surface area (Å²) in [5.41, 5.74) is 0. The minimum absolute atomic E-state index is 0.0627. The standard InChI is InChI=1S/C9H19NO3S2/c1-14-9-4-2-3-8(7-9)10-15(12,13)6-5-11/h8-11H,2-7H2,1H3. The molecule has 4 nitrogen and oxygen atoms in total. The zero-order valence-corrected chi connectivity index (χ0v) is 10.6. The van der Waals surface area contributed by atoms with Crippen molar-refractivity contribution >= 4 is 21.8 Å². The van der Waals surface area contributed by atoms with Crippen molar-refractivity contribution in [2.24, 2.45) is 0 Å². The third-order valence-corrected chi connectivity index (χ3v) is 5.17. The number of sulfonamides is 1. The molecular formula is C9H19NO3S2. The molecule has 0 saturated heterocycles. The number of thioether (sulfide) groups is 1. The number of aliphatic hydroxyl groups excluding tert-OH is 1. The van der Waals surface area contributed by atoms with Gasteiger partial charge in [0.05, 0.1) is 12.4 Å². The first-order valence-corrected chi connectivity index (χ1v) is 8.15. The van der Waals surface area contributed by atoms with Crippen molar-refractivity contribution in [1.82, 2.24) is 4.72 Å². The van der Waals surface area contributed by atoms with Crippen molar-refractivity contribution in [1.29, 1.82) is 0 Å². The van der Waals surface area contributed by atoms with E-state index in [1.807, 2.05) is 0 Å². The van der Waals surface area contributed by atoms with Crippen LogP contribution in [-0.4, -0.2) is 43.4 Å². The third-order valence-electron chi connectivity index (χ3n) is 2.67. The van der Waals surface area contributed by atoms with E-state index in [2.05, 4.69) is 11.0 Å². The van der Waals surface area contributed by atoms with Crippen LogP contribution in [0.15, 0.2) is 0 Å². The fourth-order valence-electron chi connectivity index (χ4n) is 1.90. The molecule has 0 aromatic heterocycles. The molecule has 6 heteroatoms. The summed E-state index contributed by atoms with van der Waals surface area (Å²) in [4.78, 5) is 0. The third kappa shape index (κ3) is 4.72. The fraction of sp³-hybridized carbons (Fsp3) is 1.00. The van der Waals surface area contributed by atoms with Crippen molar-refractivity contribution in [3.8, 4) is 0 Å². The van der Waals surface area contributed by atoms with Gasteiger partial charge in [0.15, 0.2) is 0 Å². The van der Waals surface area contributed by atoms with Crippen LogP contribution in [0.1, 0.15) is 25.7 Å². The number of rotatable bonds is 5. The lowest BCUT2D eigenvalue weighted by atomic mass is 9.96. The van der Waals surface area contributed by atoms with Crippen LogP contribution < -0.4 is 4.72 Å². The first-order chi connectivity index (χ1) is 7.07. The quantitative estimate of drug-likeness (QED) is 0.752. The Morgan fingerprint density at radius 1 is 1.47 bits per heavy atom. The van der Waals surface area contributed by atoms with Gasteiger partial charge in [-0.25, -0.2) is 13.1 Å². The minimum atomic E-state index is -3.27. The highest BCUT2D eigenvalue weighted by Crippen LogP contribution is 2.27. The Kier molecular flexibility index (Phi) is 5.38. The van der Waals surface area contributed by atoms with E-state index in [0.29, 0.717) is 5.25 Å². The van der Waals surface area contributed by atoms with Crippen LogP contribution in [0.2, 0.25) is 0 Å². The molecule has 0 spiro atoms. The molecule has 0 radical (unpaired) electrons. The molecular weight excluding hydrogens is 234 g/mol. The normalized spacial score (nSPS) is 27.9. The topological polar surface area (TPSA) is 66.4 Å². The van der Waals surface area contributed by atoms with Crippen LogP contribution in [0.5, 0.6) is 0 Å². The summed E-state index contributed by atoms with van der Waals surface area (Å²) >= 11 is 1.80. The van der Waals surface area contributed by atoms with Crippen LogP contribution >= 0.6 is 11.8 Å². The summed E-state index contributed by atoms with van der Waals surface area (Å²) in [6.07, 6.45) is 6.15. The van der Waals surface area contributed by atoms with Gasteiger partial charge in [0.2, 0.25) is 10.0 Å². The smallest absolute Gasteiger partial charge is 0.214 e. The number of hydrogen-bond acceptors (Lipinski definition) is 4. The molecule has 0 aromatic carbocycles. The Balaban J connectivity index is 2.44. The lowest BCUT2D eigenvalue weighted by Gasteiger charge is -2.28. The molecule has 1 saturated carbocycles. The maximum absolute atomic E-state index is 11.4. The SMILES string of the molecule is CSC1CCCC(NS(=O)(=O)CCO)C1. The molecule has 0 aliphatic heterocycles. The Morgan fingerprint density at radius 3 is 2.80 bits per heavy atom. The number of hydrogen-bond donors (Lipinski definition) is 2. The minimum Gasteiger partial charge on any atom is -0.395 e. The van der Waals surface area contributed by atoms with Crippen LogP contribution in [0, 0.1) is 0 Å². The van der Waals surface area contributed by atoms with Crippen LogP contribution in [0.25, 0.3) is 0 Å². The Bertz CT molecular complexity index is 279. The van der Waals surface area contributed by atoms with Gasteiger partial charge in [0.25, 0.3) is 0 Å². The van der Waals surface area contributed by atoms with E-state index >= 15 is 0 Å². The highest BCUT2D eigenvalue weighted by Gasteiger charge is 2.24. The van der Waals surface area contributed by atoms with E-state index in [1.165, 1.54) is 6.42 Å². The molecule has 0 amide bonds. The second kappa shape index (κ2) is 6.08. The van der Waals surface area contributed by atoms with Gasteiger partial charge in [-0.1, -0.05) is 6.42 Å². The Morgan fingerprint density at radius 2 is 2.20 bits per heavy atom. The molecule has 0 aromatic rings. The molecule has 2 unspecified atom stereocenters. The average Bonchev–Trinajstić information content (AvgIpc) is 2.17. The van der Waals surface area contributed by atoms with Gasteiger partial charge >= 0.3 is 0 Å². The zero-order chi connectivity index (χ0) is 11.3. The number of nitrogens with one attached hydrogen (secondary N) is 1. The first kappa shape index (κ1) is 13.3. The monoisotopic (exact) mass is 253 g/mol. The molecule has 1 aliphatic carbocycles. The second-order valence-electron chi connectivity index (χ2n) is 3.88. The zero-order valence-electron chi connectivity index (χ0n) is 8.98. The van der Waals surface area contributed by atoms with Gasteiger partial charge in [-0.15, -0.1) is 0 Å². The van der Waals surface area contributed by atoms with Crippen molar-refractivity contribution < 1.29 is 13.5 Å². The highest BCUT2D eigenvalue weighted by molar-refractivity contribution is 7.99. The molecule has 90 valence electrons. The molecule has 1 aliphatic rings. The van der Waals surface area contributed by atoms with Gasteiger partial charge in [0.1, 0.15) is 0 Å². The van der Waals surface area contributed by atoms with E-state index in [9.17, 15) is 8.42 Å². The molecule has 1 fully saturated rings. The van der Waals surface area contributed by atoms with Crippen molar-refractivity contribution in [3.05, 3.63) is 0 Å². The molecule has 2 N–H and O–H groups in total. The summed E-state index contributed by atoms with van der Waals surface area (Å²) < 4.78 is 25.5. The predicted molar refractivity (Wildman–Crippen MR) is 63.6 cm³/mol. The lowest BCUT2D eigenvalue weighted by molar-refractivity contribution is 0.318. The van der Waals surface area contributed by atoms with Crippen molar-refractivity contribution in [2.75, 3.05) is 18.6 Å². The van der Waals surface area contributed by atoms with Gasteiger partial charge in [-0.05, 0) is 25.5 Å². The van der Waals surface area contributed by atoms with E-state index in [4.69, 9.17) is 5.11 Å². The fourth-order valence-corrected chi connectivity index (χ4v) is 3.81. The molecule has 15 heavy (non-hydrogen) atoms. The molecule has 1 rings (SSSR count). The van der Waals surface area contributed by atoms with E-state index in [0.717, 1.165) is 19.3 Å². The Labute approximate surface area is 95.9 Å². The van der Waals surface area contributed by atoms with Crippen molar-refractivity contribution in [3.63, 3.8) is 0 Å². The molecule has 0 heterocycles. The van der Waals surface area contributed by atoms with E-state index in [1.54, 1.807) is 11.8 Å². The maximum atomic E-state index is 11.4. The highest BCUT2D eigenvalue weighted by atomic mass is 32.2. The van der Waals surface area contributed by atoms with Crippen molar-refractivity contribution in [2.45, 2.75) is 37.0 Å². The summed E-state index contributed by atoms with van der Waals surface area (Å²) in [6.45, 7) is -0.311. The summed E-state index contributed by atoms with van der Waals surface area (Å²) in [6, 6.07) is 0.0627.